The molecular weight excluding hydrogens is 260 g/mol. The largest absolute Gasteiger partial charge is 0.466 e. The van der Waals surface area contributed by atoms with Crippen molar-refractivity contribution in [3.8, 4) is 0 Å². The molecule has 1 saturated heterocycles. The van der Waals surface area contributed by atoms with E-state index in [0.717, 1.165) is 32.5 Å². The van der Waals surface area contributed by atoms with E-state index in [2.05, 4.69) is 10.2 Å². The Morgan fingerprint density at radius 1 is 1.40 bits per heavy atom. The van der Waals surface area contributed by atoms with Crippen molar-refractivity contribution in [2.24, 2.45) is 5.92 Å². The number of hydrogen-bond acceptors (Lipinski definition) is 5. The number of rotatable bonds is 7. The van der Waals surface area contributed by atoms with E-state index in [-0.39, 0.29) is 18.3 Å². The minimum Gasteiger partial charge on any atom is -0.466 e. The van der Waals surface area contributed by atoms with Crippen molar-refractivity contribution >= 4 is 11.9 Å². The summed E-state index contributed by atoms with van der Waals surface area (Å²) in [6.07, 6.45) is 1.40. The second-order valence-corrected chi connectivity index (χ2v) is 5.34. The Labute approximate surface area is 120 Å². The van der Waals surface area contributed by atoms with Gasteiger partial charge in [0, 0.05) is 20.0 Å². The van der Waals surface area contributed by atoms with Crippen LogP contribution in [0.4, 0.5) is 0 Å². The van der Waals surface area contributed by atoms with Gasteiger partial charge in [0.15, 0.2) is 0 Å². The fourth-order valence-electron chi connectivity index (χ4n) is 2.44. The maximum absolute atomic E-state index is 11.3. The van der Waals surface area contributed by atoms with Gasteiger partial charge in [0.1, 0.15) is 0 Å². The normalized spacial score (nSPS) is 18.6. The molecule has 1 fully saturated rings. The standard InChI is InChI=1S/C14H26N2O4/c1-3-20-14(19)8-13(18)10-16-6-4-12(5-7-16)9-15-11(2)17/h12-13,18H,3-10H2,1-2H3,(H,15,17). The molecule has 0 spiro atoms. The Kier molecular flexibility index (Phi) is 7.54. The van der Waals surface area contributed by atoms with Crippen molar-refractivity contribution in [1.82, 2.24) is 10.2 Å². The minimum absolute atomic E-state index is 0.0114. The molecule has 0 aromatic rings. The number of nitrogens with zero attached hydrogens (tertiary/aromatic N) is 1. The number of nitrogens with one attached hydrogen (secondary N) is 1. The lowest BCUT2D eigenvalue weighted by molar-refractivity contribution is -0.145. The quantitative estimate of drug-likeness (QED) is 0.651. The van der Waals surface area contributed by atoms with Crippen LogP contribution in [0.25, 0.3) is 0 Å². The van der Waals surface area contributed by atoms with Crippen LogP contribution in [0, 0.1) is 5.92 Å². The summed E-state index contributed by atoms with van der Waals surface area (Å²) in [6.45, 7) is 6.65. The third-order valence-electron chi connectivity index (χ3n) is 3.52. The Balaban J connectivity index is 2.18. The van der Waals surface area contributed by atoms with Crippen molar-refractivity contribution in [3.63, 3.8) is 0 Å². The summed E-state index contributed by atoms with van der Waals surface area (Å²) in [5.74, 6) is 0.176. The molecule has 0 aliphatic carbocycles. The zero-order valence-corrected chi connectivity index (χ0v) is 12.4. The number of amides is 1. The van der Waals surface area contributed by atoms with Crippen LogP contribution in [0.3, 0.4) is 0 Å². The van der Waals surface area contributed by atoms with Crippen molar-refractivity contribution in [2.75, 3.05) is 32.8 Å². The number of β-amino-alcohol motifs (C(OH)–C–C–N with tert-alkyl or cyclic N) is 1. The fraction of sp³-hybridized carbons (Fsp3) is 0.857. The van der Waals surface area contributed by atoms with Crippen LogP contribution in [0.2, 0.25) is 0 Å². The first-order valence-corrected chi connectivity index (χ1v) is 7.31. The highest BCUT2D eigenvalue weighted by Crippen LogP contribution is 2.16. The van der Waals surface area contributed by atoms with E-state index in [9.17, 15) is 14.7 Å². The monoisotopic (exact) mass is 286 g/mol. The van der Waals surface area contributed by atoms with Gasteiger partial charge in [-0.1, -0.05) is 0 Å². The SMILES string of the molecule is CCOC(=O)CC(O)CN1CCC(CNC(C)=O)CC1. The van der Waals surface area contributed by atoms with Gasteiger partial charge in [0.25, 0.3) is 0 Å². The van der Waals surface area contributed by atoms with E-state index in [0.29, 0.717) is 19.1 Å². The Morgan fingerprint density at radius 3 is 2.60 bits per heavy atom. The lowest BCUT2D eigenvalue weighted by atomic mass is 9.96. The van der Waals surface area contributed by atoms with Crippen molar-refractivity contribution in [1.29, 1.82) is 0 Å². The number of aliphatic hydroxyl groups is 1. The molecule has 0 aromatic heterocycles. The van der Waals surface area contributed by atoms with Crippen LogP contribution in [-0.4, -0.2) is 60.8 Å². The molecule has 1 unspecified atom stereocenters. The Morgan fingerprint density at radius 2 is 2.05 bits per heavy atom. The molecule has 6 heteroatoms. The van der Waals surface area contributed by atoms with Gasteiger partial charge in [-0.15, -0.1) is 0 Å². The summed E-state index contributed by atoms with van der Waals surface area (Å²) < 4.78 is 4.82. The molecule has 1 aliphatic rings. The number of piperidine rings is 1. The molecule has 0 saturated carbocycles. The number of carbonyl (C=O) groups excluding carboxylic acids is 2. The van der Waals surface area contributed by atoms with Crippen molar-refractivity contribution in [3.05, 3.63) is 0 Å². The molecule has 1 rings (SSSR count). The highest BCUT2D eigenvalue weighted by Gasteiger charge is 2.22. The number of aliphatic hydroxyl groups excluding tert-OH is 1. The predicted molar refractivity (Wildman–Crippen MR) is 75.1 cm³/mol. The van der Waals surface area contributed by atoms with Gasteiger partial charge in [0.05, 0.1) is 19.1 Å². The lowest BCUT2D eigenvalue weighted by Crippen LogP contribution is -2.41. The maximum Gasteiger partial charge on any atom is 0.308 e. The number of hydrogen-bond donors (Lipinski definition) is 2. The van der Waals surface area contributed by atoms with E-state index in [4.69, 9.17) is 4.74 Å². The van der Waals surface area contributed by atoms with Crippen LogP contribution in [-0.2, 0) is 14.3 Å². The van der Waals surface area contributed by atoms with Gasteiger partial charge in [-0.25, -0.2) is 0 Å². The summed E-state index contributed by atoms with van der Waals surface area (Å²) >= 11 is 0. The Bertz CT molecular complexity index is 314. The second kappa shape index (κ2) is 8.92. The second-order valence-electron chi connectivity index (χ2n) is 5.34. The average molecular weight is 286 g/mol. The summed E-state index contributed by atoms with van der Waals surface area (Å²) in [7, 11) is 0. The molecule has 1 heterocycles. The molecule has 1 amide bonds. The molecule has 6 nitrogen and oxygen atoms in total. The van der Waals surface area contributed by atoms with Crippen LogP contribution >= 0.6 is 0 Å². The smallest absolute Gasteiger partial charge is 0.308 e. The molecule has 0 radical (unpaired) electrons. The lowest BCUT2D eigenvalue weighted by Gasteiger charge is -2.33. The molecular formula is C14H26N2O4. The van der Waals surface area contributed by atoms with Gasteiger partial charge in [-0.3, -0.25) is 9.59 Å². The van der Waals surface area contributed by atoms with Gasteiger partial charge in [0.2, 0.25) is 5.91 Å². The summed E-state index contributed by atoms with van der Waals surface area (Å²) in [5, 5.41) is 12.7. The highest BCUT2D eigenvalue weighted by atomic mass is 16.5. The van der Waals surface area contributed by atoms with Gasteiger partial charge < -0.3 is 20.1 Å². The van der Waals surface area contributed by atoms with Crippen molar-refractivity contribution in [2.45, 2.75) is 39.2 Å². The topological polar surface area (TPSA) is 78.9 Å². The number of esters is 1. The first kappa shape index (κ1) is 16.9. The molecule has 1 atom stereocenters. The molecule has 1 aliphatic heterocycles. The third-order valence-corrected chi connectivity index (χ3v) is 3.52. The van der Waals surface area contributed by atoms with E-state index >= 15 is 0 Å². The summed E-state index contributed by atoms with van der Waals surface area (Å²) in [5.41, 5.74) is 0. The van der Waals surface area contributed by atoms with E-state index in [1.807, 2.05) is 0 Å². The summed E-state index contributed by atoms with van der Waals surface area (Å²) in [4.78, 5) is 24.3. The number of carbonyl (C=O) groups is 2. The van der Waals surface area contributed by atoms with Crippen molar-refractivity contribution < 1.29 is 19.4 Å². The molecule has 20 heavy (non-hydrogen) atoms. The van der Waals surface area contributed by atoms with Crippen LogP contribution in [0.15, 0.2) is 0 Å². The van der Waals surface area contributed by atoms with E-state index in [1.165, 1.54) is 6.92 Å². The molecule has 0 aromatic carbocycles. The molecule has 2 N–H and O–H groups in total. The van der Waals surface area contributed by atoms with Crippen LogP contribution < -0.4 is 5.32 Å². The van der Waals surface area contributed by atoms with E-state index < -0.39 is 6.10 Å². The zero-order valence-electron chi connectivity index (χ0n) is 12.4. The highest BCUT2D eigenvalue weighted by molar-refractivity contribution is 5.72. The average Bonchev–Trinajstić information content (AvgIpc) is 2.37. The van der Waals surface area contributed by atoms with Crippen LogP contribution in [0.1, 0.15) is 33.1 Å². The maximum atomic E-state index is 11.3. The third kappa shape index (κ3) is 6.86. The first-order chi connectivity index (χ1) is 9.51. The van der Waals surface area contributed by atoms with Gasteiger partial charge in [-0.2, -0.15) is 0 Å². The summed E-state index contributed by atoms with van der Waals surface area (Å²) in [6, 6.07) is 0. The number of likely N-dealkylation sites (tertiary alicyclic amines) is 1. The number of ether oxygens (including phenoxy) is 1. The molecule has 116 valence electrons. The van der Waals surface area contributed by atoms with Crippen LogP contribution in [0.5, 0.6) is 0 Å². The fourth-order valence-corrected chi connectivity index (χ4v) is 2.44. The van der Waals surface area contributed by atoms with E-state index in [1.54, 1.807) is 6.92 Å². The zero-order chi connectivity index (χ0) is 15.0. The Hall–Kier alpha value is -1.14. The van der Waals surface area contributed by atoms with Gasteiger partial charge in [-0.05, 0) is 38.8 Å². The first-order valence-electron chi connectivity index (χ1n) is 7.31. The predicted octanol–water partition coefficient (Wildman–Crippen LogP) is 0.149. The van der Waals surface area contributed by atoms with Gasteiger partial charge >= 0.3 is 5.97 Å². The molecule has 0 bridgehead atoms. The minimum atomic E-state index is -0.666.